The van der Waals surface area contributed by atoms with Crippen LogP contribution in [0.25, 0.3) is 0 Å². The molecule has 2 amide bonds. The first-order valence-electron chi connectivity index (χ1n) is 4.93. The first kappa shape index (κ1) is 11.5. The van der Waals surface area contributed by atoms with E-state index in [1.165, 1.54) is 17.4 Å². The van der Waals surface area contributed by atoms with Crippen LogP contribution in [-0.2, 0) is 6.54 Å². The first-order chi connectivity index (χ1) is 8.25. The fourth-order valence-corrected chi connectivity index (χ4v) is 1.77. The Labute approximate surface area is 102 Å². The van der Waals surface area contributed by atoms with Crippen LogP contribution in [0.5, 0.6) is 0 Å². The van der Waals surface area contributed by atoms with Gasteiger partial charge in [0.15, 0.2) is 5.13 Å². The number of halogens is 1. The first-order valence-corrected chi connectivity index (χ1v) is 5.81. The topological polar surface area (TPSA) is 54.0 Å². The maximum absolute atomic E-state index is 13.2. The molecule has 0 aliphatic carbocycles. The summed E-state index contributed by atoms with van der Waals surface area (Å²) < 4.78 is 13.2. The number of carbonyl (C=O) groups excluding carboxylic acids is 1. The summed E-state index contributed by atoms with van der Waals surface area (Å²) in [5.41, 5.74) is 0.446. The van der Waals surface area contributed by atoms with Crippen molar-refractivity contribution in [3.05, 3.63) is 47.2 Å². The molecule has 0 aliphatic heterocycles. The SMILES string of the molecule is O=C(NCc1ccccc1F)Nc1nccs1. The molecule has 1 aromatic carbocycles. The Bertz CT molecular complexity index is 501. The second-order valence-corrected chi connectivity index (χ2v) is 4.13. The minimum atomic E-state index is -0.400. The number of hydrogen-bond donors (Lipinski definition) is 2. The third-order valence-corrected chi connectivity index (χ3v) is 2.74. The Morgan fingerprint density at radius 1 is 1.41 bits per heavy atom. The van der Waals surface area contributed by atoms with Crippen LogP contribution in [0, 0.1) is 5.82 Å². The van der Waals surface area contributed by atoms with Crippen molar-refractivity contribution >= 4 is 22.5 Å². The average molecular weight is 251 g/mol. The Balaban J connectivity index is 1.86. The second kappa shape index (κ2) is 5.40. The molecular formula is C11H10FN3OS. The number of hydrogen-bond acceptors (Lipinski definition) is 3. The number of carbonyl (C=O) groups is 1. The highest BCUT2D eigenvalue weighted by Gasteiger charge is 2.05. The summed E-state index contributed by atoms with van der Waals surface area (Å²) >= 11 is 1.32. The van der Waals surface area contributed by atoms with Gasteiger partial charge in [0.25, 0.3) is 0 Å². The third-order valence-electron chi connectivity index (χ3n) is 2.05. The molecule has 2 rings (SSSR count). The van der Waals surface area contributed by atoms with Gasteiger partial charge in [0.2, 0.25) is 0 Å². The normalized spacial score (nSPS) is 9.94. The van der Waals surface area contributed by atoms with Crippen LogP contribution in [0.4, 0.5) is 14.3 Å². The molecule has 2 N–H and O–H groups in total. The third kappa shape index (κ3) is 3.25. The molecule has 0 fully saturated rings. The fourth-order valence-electron chi connectivity index (χ4n) is 1.24. The minimum Gasteiger partial charge on any atom is -0.334 e. The van der Waals surface area contributed by atoms with Gasteiger partial charge in [-0.05, 0) is 6.07 Å². The summed E-state index contributed by atoms with van der Waals surface area (Å²) in [6.45, 7) is 0.143. The molecule has 0 radical (unpaired) electrons. The number of thiazole rings is 1. The molecule has 0 unspecified atom stereocenters. The quantitative estimate of drug-likeness (QED) is 0.881. The van der Waals surface area contributed by atoms with Gasteiger partial charge in [-0.15, -0.1) is 11.3 Å². The Kier molecular flexibility index (Phi) is 3.66. The molecule has 0 saturated heterocycles. The molecule has 0 atom stereocenters. The fraction of sp³-hybridized carbons (Fsp3) is 0.0909. The number of nitrogens with one attached hydrogen (secondary N) is 2. The van der Waals surface area contributed by atoms with Crippen LogP contribution in [0.15, 0.2) is 35.8 Å². The molecule has 1 aromatic heterocycles. The van der Waals surface area contributed by atoms with Crippen LogP contribution < -0.4 is 10.6 Å². The van der Waals surface area contributed by atoms with E-state index in [1.807, 2.05) is 0 Å². The smallest absolute Gasteiger partial charge is 0.321 e. The number of nitrogens with zero attached hydrogens (tertiary/aromatic N) is 1. The lowest BCUT2D eigenvalue weighted by molar-refractivity contribution is 0.251. The van der Waals surface area contributed by atoms with E-state index in [0.717, 1.165) is 0 Å². The standard InChI is InChI=1S/C11H10FN3OS/c12-9-4-2-1-3-8(9)7-14-10(16)15-11-13-5-6-17-11/h1-6H,7H2,(H2,13,14,15,16). The van der Waals surface area contributed by atoms with Crippen molar-refractivity contribution in [2.45, 2.75) is 6.54 Å². The molecule has 4 nitrogen and oxygen atoms in total. The van der Waals surface area contributed by atoms with Crippen molar-refractivity contribution in [3.63, 3.8) is 0 Å². The summed E-state index contributed by atoms with van der Waals surface area (Å²) in [5.74, 6) is -0.331. The van der Waals surface area contributed by atoms with E-state index in [2.05, 4.69) is 15.6 Å². The number of rotatable bonds is 3. The van der Waals surface area contributed by atoms with E-state index in [1.54, 1.807) is 29.8 Å². The van der Waals surface area contributed by atoms with E-state index < -0.39 is 6.03 Å². The van der Waals surface area contributed by atoms with Crippen LogP contribution in [-0.4, -0.2) is 11.0 Å². The molecule has 17 heavy (non-hydrogen) atoms. The molecule has 0 saturated carbocycles. The van der Waals surface area contributed by atoms with Crippen molar-refractivity contribution in [3.8, 4) is 0 Å². The zero-order valence-corrected chi connectivity index (χ0v) is 9.63. The van der Waals surface area contributed by atoms with Crippen LogP contribution in [0.3, 0.4) is 0 Å². The summed E-state index contributed by atoms with van der Waals surface area (Å²) in [7, 11) is 0. The Hall–Kier alpha value is -1.95. The number of aromatic nitrogens is 1. The minimum absolute atomic E-state index is 0.143. The van der Waals surface area contributed by atoms with Gasteiger partial charge < -0.3 is 5.32 Å². The molecule has 0 spiro atoms. The largest absolute Gasteiger partial charge is 0.334 e. The molecule has 2 aromatic rings. The summed E-state index contributed by atoms with van der Waals surface area (Å²) in [6, 6.07) is 5.91. The monoisotopic (exact) mass is 251 g/mol. The van der Waals surface area contributed by atoms with Crippen molar-refractivity contribution < 1.29 is 9.18 Å². The summed E-state index contributed by atoms with van der Waals surface area (Å²) in [6.07, 6.45) is 1.59. The van der Waals surface area contributed by atoms with Crippen LogP contribution in [0.1, 0.15) is 5.56 Å². The molecule has 0 aliphatic rings. The lowest BCUT2D eigenvalue weighted by Gasteiger charge is -2.06. The number of benzene rings is 1. The maximum Gasteiger partial charge on any atom is 0.321 e. The van der Waals surface area contributed by atoms with Crippen molar-refractivity contribution in [2.24, 2.45) is 0 Å². The van der Waals surface area contributed by atoms with Crippen LogP contribution in [0.2, 0.25) is 0 Å². The number of anilines is 1. The lowest BCUT2D eigenvalue weighted by Crippen LogP contribution is -2.28. The summed E-state index contributed by atoms with van der Waals surface area (Å²) in [5, 5.41) is 7.37. The molecule has 1 heterocycles. The van der Waals surface area contributed by atoms with Gasteiger partial charge in [-0.3, -0.25) is 5.32 Å². The highest BCUT2D eigenvalue weighted by Crippen LogP contribution is 2.10. The van der Waals surface area contributed by atoms with Crippen molar-refractivity contribution in [1.82, 2.24) is 10.3 Å². The van der Waals surface area contributed by atoms with Gasteiger partial charge in [-0.25, -0.2) is 14.2 Å². The predicted molar refractivity (Wildman–Crippen MR) is 64.4 cm³/mol. The maximum atomic E-state index is 13.2. The van der Waals surface area contributed by atoms with Crippen molar-refractivity contribution in [1.29, 1.82) is 0 Å². The predicted octanol–water partition coefficient (Wildman–Crippen LogP) is 2.60. The zero-order chi connectivity index (χ0) is 12.1. The molecular weight excluding hydrogens is 241 g/mol. The second-order valence-electron chi connectivity index (χ2n) is 3.24. The van der Waals surface area contributed by atoms with E-state index >= 15 is 0 Å². The van der Waals surface area contributed by atoms with Gasteiger partial charge in [-0.1, -0.05) is 18.2 Å². The molecule has 6 heteroatoms. The van der Waals surface area contributed by atoms with E-state index in [0.29, 0.717) is 10.7 Å². The Morgan fingerprint density at radius 3 is 2.94 bits per heavy atom. The number of urea groups is 1. The molecule has 0 bridgehead atoms. The van der Waals surface area contributed by atoms with Gasteiger partial charge in [0.1, 0.15) is 5.82 Å². The number of amides is 2. The zero-order valence-electron chi connectivity index (χ0n) is 8.81. The van der Waals surface area contributed by atoms with E-state index in [9.17, 15) is 9.18 Å². The van der Waals surface area contributed by atoms with Crippen LogP contribution >= 0.6 is 11.3 Å². The van der Waals surface area contributed by atoms with Crippen molar-refractivity contribution in [2.75, 3.05) is 5.32 Å². The van der Waals surface area contributed by atoms with Gasteiger partial charge in [0, 0.05) is 23.7 Å². The Morgan fingerprint density at radius 2 is 2.24 bits per heavy atom. The summed E-state index contributed by atoms with van der Waals surface area (Å²) in [4.78, 5) is 15.3. The van der Waals surface area contributed by atoms with Gasteiger partial charge >= 0.3 is 6.03 Å². The lowest BCUT2D eigenvalue weighted by atomic mass is 10.2. The van der Waals surface area contributed by atoms with Gasteiger partial charge in [-0.2, -0.15) is 0 Å². The average Bonchev–Trinajstić information content (AvgIpc) is 2.81. The van der Waals surface area contributed by atoms with Gasteiger partial charge in [0.05, 0.1) is 0 Å². The van der Waals surface area contributed by atoms with E-state index in [4.69, 9.17) is 0 Å². The highest BCUT2D eigenvalue weighted by atomic mass is 32.1. The molecule has 88 valence electrons. The van der Waals surface area contributed by atoms with E-state index in [-0.39, 0.29) is 12.4 Å². The highest BCUT2D eigenvalue weighted by molar-refractivity contribution is 7.13.